The van der Waals surface area contributed by atoms with E-state index in [1.54, 1.807) is 24.3 Å². The number of carbonyl (C=O) groups excluding carboxylic acids is 3. The Morgan fingerprint density at radius 3 is 2.31 bits per heavy atom. The van der Waals surface area contributed by atoms with Crippen LogP contribution in [0.1, 0.15) is 33.6 Å². The first-order valence-electron chi connectivity index (χ1n) is 9.08. The van der Waals surface area contributed by atoms with E-state index in [0.717, 1.165) is 10.3 Å². The summed E-state index contributed by atoms with van der Waals surface area (Å²) >= 11 is 5.81. The van der Waals surface area contributed by atoms with E-state index < -0.39 is 11.7 Å². The van der Waals surface area contributed by atoms with E-state index in [0.29, 0.717) is 21.5 Å². The van der Waals surface area contributed by atoms with E-state index in [1.165, 1.54) is 18.2 Å². The summed E-state index contributed by atoms with van der Waals surface area (Å²) in [4.78, 5) is 38.9. The smallest absolute Gasteiger partial charge is 0.261 e. The molecule has 5 nitrogen and oxygen atoms in total. The Balaban J connectivity index is 1.44. The Hall–Kier alpha value is -3.25. The molecule has 0 bridgehead atoms. The largest absolute Gasteiger partial charge is 0.324 e. The first-order chi connectivity index (χ1) is 14.0. The lowest BCUT2D eigenvalue weighted by Gasteiger charge is -2.27. The second kappa shape index (κ2) is 7.64. The van der Waals surface area contributed by atoms with E-state index in [9.17, 15) is 18.8 Å². The van der Waals surface area contributed by atoms with Crippen LogP contribution in [0.25, 0.3) is 10.8 Å². The van der Waals surface area contributed by atoms with Crippen LogP contribution in [0, 0.1) is 5.82 Å². The number of amides is 3. The molecule has 0 spiro atoms. The molecule has 1 heterocycles. The highest BCUT2D eigenvalue weighted by atomic mass is 35.5. The fourth-order valence-electron chi connectivity index (χ4n) is 3.49. The second-order valence-electron chi connectivity index (χ2n) is 6.75. The van der Waals surface area contributed by atoms with Crippen molar-refractivity contribution in [3.05, 3.63) is 76.6 Å². The van der Waals surface area contributed by atoms with E-state index in [-0.39, 0.29) is 36.9 Å². The van der Waals surface area contributed by atoms with Crippen molar-refractivity contribution in [3.8, 4) is 0 Å². The summed E-state index contributed by atoms with van der Waals surface area (Å²) in [6, 6.07) is 14.5. The highest BCUT2D eigenvalue weighted by Gasteiger charge is 2.32. The molecule has 0 atom stereocenters. The van der Waals surface area contributed by atoms with Crippen molar-refractivity contribution in [1.82, 2.24) is 4.90 Å². The zero-order valence-corrected chi connectivity index (χ0v) is 16.0. The molecule has 3 aromatic carbocycles. The van der Waals surface area contributed by atoms with Crippen LogP contribution in [-0.2, 0) is 4.79 Å². The van der Waals surface area contributed by atoms with Gasteiger partial charge in [-0.3, -0.25) is 19.3 Å². The van der Waals surface area contributed by atoms with E-state index in [1.807, 2.05) is 12.1 Å². The summed E-state index contributed by atoms with van der Waals surface area (Å²) in [7, 11) is 0. The number of anilines is 1. The highest BCUT2D eigenvalue weighted by Crippen LogP contribution is 2.30. The van der Waals surface area contributed by atoms with Crippen LogP contribution in [0.15, 0.2) is 54.6 Å². The molecule has 7 heteroatoms. The van der Waals surface area contributed by atoms with Crippen molar-refractivity contribution >= 4 is 45.8 Å². The maximum atomic E-state index is 13.7. The monoisotopic (exact) mass is 410 g/mol. The molecule has 0 unspecified atom stereocenters. The SMILES string of the molecule is O=C(CCCN1C(=O)c2cccc3cccc(c23)C1=O)Nc1cc(Cl)ccc1F. The number of nitrogens with one attached hydrogen (secondary N) is 1. The van der Waals surface area contributed by atoms with Crippen molar-refractivity contribution in [1.29, 1.82) is 0 Å². The van der Waals surface area contributed by atoms with Crippen LogP contribution in [0.2, 0.25) is 5.02 Å². The molecule has 3 aromatic rings. The van der Waals surface area contributed by atoms with Gasteiger partial charge in [-0.15, -0.1) is 0 Å². The number of rotatable bonds is 5. The van der Waals surface area contributed by atoms with Crippen LogP contribution in [0.4, 0.5) is 10.1 Å². The van der Waals surface area contributed by atoms with Crippen LogP contribution >= 0.6 is 11.6 Å². The van der Waals surface area contributed by atoms with Gasteiger partial charge in [0.1, 0.15) is 5.82 Å². The Kier molecular flexibility index (Phi) is 5.03. The first kappa shape index (κ1) is 19.1. The van der Waals surface area contributed by atoms with Gasteiger partial charge in [0.05, 0.1) is 5.69 Å². The predicted molar refractivity (Wildman–Crippen MR) is 109 cm³/mol. The summed E-state index contributed by atoms with van der Waals surface area (Å²) < 4.78 is 13.7. The van der Waals surface area contributed by atoms with Crippen LogP contribution in [-0.4, -0.2) is 29.2 Å². The van der Waals surface area contributed by atoms with Gasteiger partial charge in [0.25, 0.3) is 11.8 Å². The molecule has 0 aliphatic carbocycles. The summed E-state index contributed by atoms with van der Waals surface area (Å²) in [5.41, 5.74) is 0.944. The third kappa shape index (κ3) is 3.59. The minimum atomic E-state index is -0.589. The fourth-order valence-corrected chi connectivity index (χ4v) is 3.66. The fraction of sp³-hybridized carbons (Fsp3) is 0.136. The average Bonchev–Trinajstić information content (AvgIpc) is 2.71. The van der Waals surface area contributed by atoms with E-state index in [2.05, 4.69) is 5.32 Å². The number of hydrogen-bond acceptors (Lipinski definition) is 3. The van der Waals surface area contributed by atoms with Gasteiger partial charge in [-0.1, -0.05) is 35.9 Å². The third-order valence-electron chi connectivity index (χ3n) is 4.84. The first-order valence-corrected chi connectivity index (χ1v) is 9.46. The average molecular weight is 411 g/mol. The molecule has 0 aromatic heterocycles. The van der Waals surface area contributed by atoms with Crippen molar-refractivity contribution in [2.24, 2.45) is 0 Å². The van der Waals surface area contributed by atoms with Gasteiger partial charge in [-0.05, 0) is 42.1 Å². The number of hydrogen-bond donors (Lipinski definition) is 1. The lowest BCUT2D eigenvalue weighted by Crippen LogP contribution is -2.41. The van der Waals surface area contributed by atoms with E-state index in [4.69, 9.17) is 11.6 Å². The van der Waals surface area contributed by atoms with Crippen molar-refractivity contribution in [2.45, 2.75) is 12.8 Å². The quantitative estimate of drug-likeness (QED) is 0.623. The number of halogens is 2. The van der Waals surface area contributed by atoms with Gasteiger partial charge >= 0.3 is 0 Å². The van der Waals surface area contributed by atoms with Gasteiger partial charge in [-0.2, -0.15) is 0 Å². The minimum absolute atomic E-state index is 0.00627. The molecular weight excluding hydrogens is 395 g/mol. The second-order valence-corrected chi connectivity index (χ2v) is 7.18. The van der Waals surface area contributed by atoms with Gasteiger partial charge in [0.15, 0.2) is 0 Å². The van der Waals surface area contributed by atoms with Crippen LogP contribution in [0.5, 0.6) is 0 Å². The molecule has 4 rings (SSSR count). The standard InChI is InChI=1S/C22H16ClFN2O3/c23-14-9-10-17(24)18(12-14)25-19(27)8-3-11-26-21(28)15-6-1-4-13-5-2-7-16(20(13)15)22(26)29/h1-2,4-7,9-10,12H,3,8,11H2,(H,25,27). The van der Waals surface area contributed by atoms with E-state index >= 15 is 0 Å². The molecule has 146 valence electrons. The number of nitrogens with zero attached hydrogens (tertiary/aromatic N) is 1. The Bertz CT molecular complexity index is 1110. The van der Waals surface area contributed by atoms with Crippen LogP contribution < -0.4 is 5.32 Å². The molecule has 1 aliphatic rings. The zero-order valence-electron chi connectivity index (χ0n) is 15.2. The molecule has 3 amide bonds. The van der Waals surface area contributed by atoms with Crippen LogP contribution in [0.3, 0.4) is 0 Å². The third-order valence-corrected chi connectivity index (χ3v) is 5.08. The maximum Gasteiger partial charge on any atom is 0.261 e. The minimum Gasteiger partial charge on any atom is -0.324 e. The van der Waals surface area contributed by atoms with Crippen molar-refractivity contribution in [2.75, 3.05) is 11.9 Å². The molecular formula is C22H16ClFN2O3. The predicted octanol–water partition coefficient (Wildman–Crippen LogP) is 4.65. The van der Waals surface area contributed by atoms with Crippen molar-refractivity contribution < 1.29 is 18.8 Å². The molecule has 0 fully saturated rings. The molecule has 1 N–H and O–H groups in total. The summed E-state index contributed by atoms with van der Waals surface area (Å²) in [5.74, 6) is -1.76. The highest BCUT2D eigenvalue weighted by molar-refractivity contribution is 6.31. The Morgan fingerprint density at radius 2 is 1.66 bits per heavy atom. The zero-order chi connectivity index (χ0) is 20.5. The number of benzene rings is 3. The summed E-state index contributed by atoms with van der Waals surface area (Å²) in [5, 5.41) is 4.26. The van der Waals surface area contributed by atoms with Crippen molar-refractivity contribution in [3.63, 3.8) is 0 Å². The number of carbonyl (C=O) groups is 3. The lowest BCUT2D eigenvalue weighted by atomic mass is 9.94. The topological polar surface area (TPSA) is 66.5 Å². The summed E-state index contributed by atoms with van der Waals surface area (Å²) in [6.07, 6.45) is 0.276. The molecule has 0 saturated heterocycles. The molecule has 1 aliphatic heterocycles. The molecule has 29 heavy (non-hydrogen) atoms. The normalized spacial score (nSPS) is 13.1. The van der Waals surface area contributed by atoms with Gasteiger partial charge in [0.2, 0.25) is 5.91 Å². The maximum absolute atomic E-state index is 13.7. The molecule has 0 radical (unpaired) electrons. The van der Waals surface area contributed by atoms with Gasteiger partial charge in [0, 0.05) is 34.5 Å². The Labute approximate surface area is 171 Å². The Morgan fingerprint density at radius 1 is 1.00 bits per heavy atom. The molecule has 0 saturated carbocycles. The number of imide groups is 1. The summed E-state index contributed by atoms with van der Waals surface area (Å²) in [6.45, 7) is 0.0911. The van der Waals surface area contributed by atoms with Gasteiger partial charge < -0.3 is 5.32 Å². The van der Waals surface area contributed by atoms with Gasteiger partial charge in [-0.25, -0.2) is 4.39 Å². The lowest BCUT2D eigenvalue weighted by molar-refractivity contribution is -0.116.